The first kappa shape index (κ1) is 17.5. The highest BCUT2D eigenvalue weighted by Crippen LogP contribution is 2.18. The predicted octanol–water partition coefficient (Wildman–Crippen LogP) is 1.67. The molecule has 0 saturated carbocycles. The Bertz CT molecular complexity index is 526. The van der Waals surface area contributed by atoms with Crippen LogP contribution in [0.2, 0.25) is 0 Å². The number of piperidine rings is 1. The van der Waals surface area contributed by atoms with E-state index >= 15 is 0 Å². The number of nitrogens with zero attached hydrogens (tertiary/aromatic N) is 2. The summed E-state index contributed by atoms with van der Waals surface area (Å²) in [6, 6.07) is 3.88. The van der Waals surface area contributed by atoms with Crippen LogP contribution in [0.3, 0.4) is 0 Å². The summed E-state index contributed by atoms with van der Waals surface area (Å²) in [5.74, 6) is 1.32. The third kappa shape index (κ3) is 4.81. The molecule has 0 bridgehead atoms. The van der Waals surface area contributed by atoms with Crippen molar-refractivity contribution in [3.8, 4) is 0 Å². The van der Waals surface area contributed by atoms with E-state index < -0.39 is 10.2 Å². The third-order valence-corrected chi connectivity index (χ3v) is 5.89. The van der Waals surface area contributed by atoms with Gasteiger partial charge in [-0.1, -0.05) is 13.8 Å². The predicted molar refractivity (Wildman–Crippen MR) is 86.6 cm³/mol. The van der Waals surface area contributed by atoms with E-state index in [0.29, 0.717) is 25.6 Å². The third-order valence-electron chi connectivity index (χ3n) is 4.16. The molecule has 0 aliphatic carbocycles. The van der Waals surface area contributed by atoms with Gasteiger partial charge in [0, 0.05) is 26.2 Å². The van der Waals surface area contributed by atoms with Gasteiger partial charge in [-0.3, -0.25) is 4.90 Å². The Hall–Kier alpha value is -0.890. The molecule has 1 aliphatic heterocycles. The van der Waals surface area contributed by atoms with Gasteiger partial charge < -0.3 is 4.42 Å². The highest BCUT2D eigenvalue weighted by Gasteiger charge is 2.24. The van der Waals surface area contributed by atoms with Crippen molar-refractivity contribution in [2.75, 3.05) is 32.7 Å². The second-order valence-corrected chi connectivity index (χ2v) is 7.52. The van der Waals surface area contributed by atoms with Gasteiger partial charge in [-0.2, -0.15) is 12.7 Å². The van der Waals surface area contributed by atoms with Gasteiger partial charge in [0.15, 0.2) is 0 Å². The van der Waals surface area contributed by atoms with Crippen LogP contribution < -0.4 is 4.72 Å². The number of furan rings is 1. The normalized spacial score (nSPS) is 20.6. The lowest BCUT2D eigenvalue weighted by atomic mass is 9.98. The van der Waals surface area contributed by atoms with Crippen molar-refractivity contribution in [3.63, 3.8) is 0 Å². The first-order valence-electron chi connectivity index (χ1n) is 8.04. The second kappa shape index (κ2) is 8.10. The average Bonchev–Trinajstić information content (AvgIpc) is 3.00. The molecule has 1 saturated heterocycles. The van der Waals surface area contributed by atoms with E-state index in [2.05, 4.69) is 9.62 Å². The zero-order valence-electron chi connectivity index (χ0n) is 13.5. The van der Waals surface area contributed by atoms with Crippen LogP contribution >= 0.6 is 0 Å². The molecule has 1 fully saturated rings. The molecule has 0 unspecified atom stereocenters. The van der Waals surface area contributed by atoms with Crippen molar-refractivity contribution < 1.29 is 12.8 Å². The van der Waals surface area contributed by atoms with Gasteiger partial charge in [-0.25, -0.2) is 4.72 Å². The van der Waals surface area contributed by atoms with Crippen LogP contribution in [0.25, 0.3) is 0 Å². The summed E-state index contributed by atoms with van der Waals surface area (Å²) in [6.07, 6.45) is 3.85. The Morgan fingerprint density at radius 1 is 1.41 bits per heavy atom. The van der Waals surface area contributed by atoms with Crippen molar-refractivity contribution in [3.05, 3.63) is 24.2 Å². The fourth-order valence-electron chi connectivity index (χ4n) is 2.96. The number of hydrogen-bond acceptors (Lipinski definition) is 4. The Labute approximate surface area is 133 Å². The minimum Gasteiger partial charge on any atom is -0.468 e. The molecule has 1 aromatic heterocycles. The summed E-state index contributed by atoms with van der Waals surface area (Å²) < 4.78 is 33.9. The summed E-state index contributed by atoms with van der Waals surface area (Å²) in [7, 11) is -3.34. The van der Waals surface area contributed by atoms with E-state index in [9.17, 15) is 8.42 Å². The van der Waals surface area contributed by atoms with Crippen molar-refractivity contribution in [2.24, 2.45) is 5.92 Å². The first-order valence-corrected chi connectivity index (χ1v) is 9.48. The van der Waals surface area contributed by atoms with E-state index in [1.165, 1.54) is 4.31 Å². The molecule has 7 heteroatoms. The lowest BCUT2D eigenvalue weighted by molar-refractivity contribution is 0.158. The van der Waals surface area contributed by atoms with Gasteiger partial charge in [0.05, 0.1) is 12.8 Å². The fraction of sp³-hybridized carbons (Fsp3) is 0.733. The van der Waals surface area contributed by atoms with Crippen LogP contribution in [0.1, 0.15) is 32.4 Å². The van der Waals surface area contributed by atoms with Crippen molar-refractivity contribution in [2.45, 2.75) is 33.2 Å². The molecule has 1 N–H and O–H groups in total. The lowest BCUT2D eigenvalue weighted by Crippen LogP contribution is -2.45. The quantitative estimate of drug-likeness (QED) is 0.788. The first-order chi connectivity index (χ1) is 10.5. The Morgan fingerprint density at radius 3 is 2.82 bits per heavy atom. The molecule has 2 heterocycles. The Kier molecular flexibility index (Phi) is 6.43. The number of hydrogen-bond donors (Lipinski definition) is 1. The number of nitrogens with one attached hydrogen (secondary N) is 1. The number of likely N-dealkylation sites (tertiary alicyclic amines) is 1. The smallest absolute Gasteiger partial charge is 0.279 e. The van der Waals surface area contributed by atoms with Crippen LogP contribution in [-0.2, 0) is 16.8 Å². The van der Waals surface area contributed by atoms with Gasteiger partial charge in [-0.05, 0) is 37.4 Å². The molecule has 126 valence electrons. The van der Waals surface area contributed by atoms with Gasteiger partial charge >= 0.3 is 0 Å². The van der Waals surface area contributed by atoms with Gasteiger partial charge in [0.25, 0.3) is 10.2 Å². The standard InChI is InChI=1S/C15H27N3O3S/c1-3-18(4-2)22(19,20)16-11-14-7-5-9-17(12-14)13-15-8-6-10-21-15/h6,8,10,14,16H,3-5,7,9,11-13H2,1-2H3/t14-/m0/s1. The average molecular weight is 329 g/mol. The fourth-order valence-corrected chi connectivity index (χ4v) is 4.27. The van der Waals surface area contributed by atoms with Crippen LogP contribution in [0, 0.1) is 5.92 Å². The van der Waals surface area contributed by atoms with E-state index in [1.807, 2.05) is 26.0 Å². The molecule has 0 aromatic carbocycles. The second-order valence-electron chi connectivity index (χ2n) is 5.76. The van der Waals surface area contributed by atoms with E-state index in [0.717, 1.165) is 38.2 Å². The minimum atomic E-state index is -3.34. The monoisotopic (exact) mass is 329 g/mol. The lowest BCUT2D eigenvalue weighted by Gasteiger charge is -2.32. The van der Waals surface area contributed by atoms with E-state index in [-0.39, 0.29) is 0 Å². The maximum Gasteiger partial charge on any atom is 0.279 e. The van der Waals surface area contributed by atoms with E-state index in [1.54, 1.807) is 6.26 Å². The molecule has 0 radical (unpaired) electrons. The largest absolute Gasteiger partial charge is 0.468 e. The van der Waals surface area contributed by atoms with Crippen molar-refractivity contribution in [1.29, 1.82) is 0 Å². The molecule has 1 aliphatic rings. The Morgan fingerprint density at radius 2 is 2.18 bits per heavy atom. The van der Waals surface area contributed by atoms with Crippen LogP contribution in [-0.4, -0.2) is 50.3 Å². The van der Waals surface area contributed by atoms with Crippen molar-refractivity contribution in [1.82, 2.24) is 13.9 Å². The molecule has 0 amide bonds. The van der Waals surface area contributed by atoms with Gasteiger partial charge in [0.1, 0.15) is 5.76 Å². The van der Waals surface area contributed by atoms with Crippen LogP contribution in [0.4, 0.5) is 0 Å². The number of rotatable bonds is 8. The maximum absolute atomic E-state index is 12.2. The maximum atomic E-state index is 12.2. The zero-order chi connectivity index (χ0) is 16.0. The summed E-state index contributed by atoms with van der Waals surface area (Å²) in [5, 5.41) is 0. The highest BCUT2D eigenvalue weighted by atomic mass is 32.2. The summed E-state index contributed by atoms with van der Waals surface area (Å²) in [6.45, 7) is 7.96. The molecule has 1 aromatic rings. The summed E-state index contributed by atoms with van der Waals surface area (Å²) >= 11 is 0. The molecule has 2 rings (SSSR count). The Balaban J connectivity index is 1.83. The van der Waals surface area contributed by atoms with E-state index in [4.69, 9.17) is 4.42 Å². The molecule has 1 atom stereocenters. The molecule has 22 heavy (non-hydrogen) atoms. The highest BCUT2D eigenvalue weighted by molar-refractivity contribution is 7.87. The summed E-state index contributed by atoms with van der Waals surface area (Å²) in [4.78, 5) is 2.33. The molecule has 6 nitrogen and oxygen atoms in total. The summed E-state index contributed by atoms with van der Waals surface area (Å²) in [5.41, 5.74) is 0. The van der Waals surface area contributed by atoms with Crippen LogP contribution in [0.5, 0.6) is 0 Å². The molecular formula is C15H27N3O3S. The van der Waals surface area contributed by atoms with Crippen molar-refractivity contribution >= 4 is 10.2 Å². The van der Waals surface area contributed by atoms with Crippen LogP contribution in [0.15, 0.2) is 22.8 Å². The topological polar surface area (TPSA) is 65.8 Å². The molecular weight excluding hydrogens is 302 g/mol. The SMILES string of the molecule is CCN(CC)S(=O)(=O)NC[C@@H]1CCCN(Cc2ccco2)C1. The minimum absolute atomic E-state index is 0.356. The molecule has 0 spiro atoms. The van der Waals surface area contributed by atoms with Gasteiger partial charge in [0.2, 0.25) is 0 Å². The zero-order valence-corrected chi connectivity index (χ0v) is 14.3. The van der Waals surface area contributed by atoms with Gasteiger partial charge in [-0.15, -0.1) is 0 Å².